The number of anilines is 1. The third-order valence-electron chi connectivity index (χ3n) is 2.67. The van der Waals surface area contributed by atoms with E-state index in [-0.39, 0.29) is 17.8 Å². The maximum Gasteiger partial charge on any atom is 0.253 e. The Balaban J connectivity index is 2.08. The first kappa shape index (κ1) is 13.0. The zero-order valence-electron chi connectivity index (χ0n) is 10.5. The lowest BCUT2D eigenvalue weighted by molar-refractivity contribution is 0.0951. The Morgan fingerprint density at radius 2 is 2.05 bits per heavy atom. The van der Waals surface area contributed by atoms with Crippen molar-refractivity contribution in [2.45, 2.75) is 13.5 Å². The molecule has 19 heavy (non-hydrogen) atoms. The number of halogens is 1. The molecule has 0 aliphatic heterocycles. The Morgan fingerprint density at radius 1 is 1.32 bits per heavy atom. The summed E-state index contributed by atoms with van der Waals surface area (Å²) in [6, 6.07) is 9.69. The first-order valence-corrected chi connectivity index (χ1v) is 5.82. The minimum Gasteiger partial charge on any atom is -0.396 e. The standard InChI is InChI=1S/C14H14FN3O/c1-9-4-2-5-10(18-9)8-17-14(19)11-6-3-7-12(15)13(11)16/h2-7H,8,16H2,1H3,(H,17,19). The summed E-state index contributed by atoms with van der Waals surface area (Å²) in [5.41, 5.74) is 7.13. The number of aryl methyl sites for hydroxylation is 1. The lowest BCUT2D eigenvalue weighted by Crippen LogP contribution is -2.24. The van der Waals surface area contributed by atoms with Crippen molar-refractivity contribution in [1.82, 2.24) is 10.3 Å². The number of hydrogen-bond acceptors (Lipinski definition) is 3. The number of pyridine rings is 1. The molecule has 0 bridgehead atoms. The van der Waals surface area contributed by atoms with Crippen LogP contribution >= 0.6 is 0 Å². The fraction of sp³-hybridized carbons (Fsp3) is 0.143. The number of nitrogen functional groups attached to an aromatic ring is 1. The van der Waals surface area contributed by atoms with Gasteiger partial charge in [-0.15, -0.1) is 0 Å². The van der Waals surface area contributed by atoms with Gasteiger partial charge in [0.05, 0.1) is 23.5 Å². The molecule has 0 saturated heterocycles. The number of amides is 1. The number of carbonyl (C=O) groups is 1. The fourth-order valence-corrected chi connectivity index (χ4v) is 1.70. The number of aromatic nitrogens is 1. The topological polar surface area (TPSA) is 68.0 Å². The monoisotopic (exact) mass is 259 g/mol. The quantitative estimate of drug-likeness (QED) is 0.829. The molecule has 0 aliphatic carbocycles. The number of carbonyl (C=O) groups excluding carboxylic acids is 1. The van der Waals surface area contributed by atoms with Gasteiger partial charge in [-0.1, -0.05) is 12.1 Å². The average molecular weight is 259 g/mol. The van der Waals surface area contributed by atoms with Gasteiger partial charge in [0.15, 0.2) is 0 Å². The van der Waals surface area contributed by atoms with E-state index in [0.717, 1.165) is 11.4 Å². The smallest absolute Gasteiger partial charge is 0.253 e. The maximum absolute atomic E-state index is 13.2. The molecule has 2 rings (SSSR count). The second-order valence-corrected chi connectivity index (χ2v) is 4.15. The van der Waals surface area contributed by atoms with Crippen LogP contribution in [0.1, 0.15) is 21.7 Å². The van der Waals surface area contributed by atoms with Gasteiger partial charge in [-0.05, 0) is 31.2 Å². The van der Waals surface area contributed by atoms with Crippen molar-refractivity contribution in [3.63, 3.8) is 0 Å². The molecule has 3 N–H and O–H groups in total. The largest absolute Gasteiger partial charge is 0.396 e. The highest BCUT2D eigenvalue weighted by molar-refractivity contribution is 5.99. The first-order valence-electron chi connectivity index (χ1n) is 5.82. The maximum atomic E-state index is 13.2. The molecule has 0 atom stereocenters. The van der Waals surface area contributed by atoms with Crippen LogP contribution < -0.4 is 11.1 Å². The van der Waals surface area contributed by atoms with Crippen molar-refractivity contribution in [3.05, 3.63) is 59.2 Å². The molecule has 0 fully saturated rings. The van der Waals surface area contributed by atoms with E-state index in [1.54, 1.807) is 0 Å². The third kappa shape index (κ3) is 3.07. The Labute approximate surface area is 110 Å². The molecule has 0 spiro atoms. The average Bonchev–Trinajstić information content (AvgIpc) is 2.39. The summed E-state index contributed by atoms with van der Waals surface area (Å²) in [6.07, 6.45) is 0. The Morgan fingerprint density at radius 3 is 2.79 bits per heavy atom. The number of para-hydroxylation sites is 1. The number of benzene rings is 1. The molecule has 1 amide bonds. The van der Waals surface area contributed by atoms with Crippen LogP contribution in [-0.4, -0.2) is 10.9 Å². The zero-order chi connectivity index (χ0) is 13.8. The van der Waals surface area contributed by atoms with Gasteiger partial charge in [0.25, 0.3) is 5.91 Å². The van der Waals surface area contributed by atoms with E-state index in [2.05, 4.69) is 10.3 Å². The van der Waals surface area contributed by atoms with Gasteiger partial charge in [-0.25, -0.2) is 4.39 Å². The van der Waals surface area contributed by atoms with Crippen LogP contribution in [0.5, 0.6) is 0 Å². The summed E-state index contributed by atoms with van der Waals surface area (Å²) in [7, 11) is 0. The van der Waals surface area contributed by atoms with Crippen LogP contribution in [0.2, 0.25) is 0 Å². The number of rotatable bonds is 3. The summed E-state index contributed by atoms with van der Waals surface area (Å²) in [6.45, 7) is 2.15. The summed E-state index contributed by atoms with van der Waals surface area (Å²) in [4.78, 5) is 16.1. The predicted octanol–water partition coefficient (Wildman–Crippen LogP) is 2.04. The van der Waals surface area contributed by atoms with Crippen LogP contribution in [0.4, 0.5) is 10.1 Å². The molecule has 5 heteroatoms. The van der Waals surface area contributed by atoms with Gasteiger partial charge in [-0.3, -0.25) is 9.78 Å². The zero-order valence-corrected chi connectivity index (χ0v) is 10.5. The highest BCUT2D eigenvalue weighted by atomic mass is 19.1. The van der Waals surface area contributed by atoms with E-state index in [4.69, 9.17) is 5.73 Å². The van der Waals surface area contributed by atoms with E-state index in [1.165, 1.54) is 18.2 Å². The molecular formula is C14H14FN3O. The first-order chi connectivity index (χ1) is 9.08. The van der Waals surface area contributed by atoms with Gasteiger partial charge < -0.3 is 11.1 Å². The highest BCUT2D eigenvalue weighted by Gasteiger charge is 2.12. The van der Waals surface area contributed by atoms with Crippen molar-refractivity contribution in [1.29, 1.82) is 0 Å². The lowest BCUT2D eigenvalue weighted by atomic mass is 10.1. The van der Waals surface area contributed by atoms with Gasteiger partial charge in [0.1, 0.15) is 5.82 Å². The Bertz CT molecular complexity index is 613. The summed E-state index contributed by atoms with van der Waals surface area (Å²) < 4.78 is 13.2. The predicted molar refractivity (Wildman–Crippen MR) is 71.0 cm³/mol. The minimum absolute atomic E-state index is 0.132. The lowest BCUT2D eigenvalue weighted by Gasteiger charge is -2.08. The molecule has 2 aromatic rings. The van der Waals surface area contributed by atoms with E-state index >= 15 is 0 Å². The summed E-state index contributed by atoms with van der Waals surface area (Å²) in [5, 5.41) is 2.66. The van der Waals surface area contributed by atoms with E-state index in [9.17, 15) is 9.18 Å². The molecule has 0 unspecified atom stereocenters. The van der Waals surface area contributed by atoms with Crippen LogP contribution in [0.3, 0.4) is 0 Å². The van der Waals surface area contributed by atoms with E-state index in [0.29, 0.717) is 0 Å². The van der Waals surface area contributed by atoms with Crippen molar-refractivity contribution in [2.24, 2.45) is 0 Å². The van der Waals surface area contributed by atoms with Crippen LogP contribution in [0.25, 0.3) is 0 Å². The summed E-state index contributed by atoms with van der Waals surface area (Å²) >= 11 is 0. The second-order valence-electron chi connectivity index (χ2n) is 4.15. The molecule has 1 aromatic carbocycles. The number of hydrogen-bond donors (Lipinski definition) is 2. The normalized spacial score (nSPS) is 10.2. The Hall–Kier alpha value is -2.43. The van der Waals surface area contributed by atoms with Gasteiger partial charge in [0, 0.05) is 5.69 Å². The van der Waals surface area contributed by atoms with E-state index in [1.807, 2.05) is 25.1 Å². The molecule has 0 aliphatic rings. The fourth-order valence-electron chi connectivity index (χ4n) is 1.70. The van der Waals surface area contributed by atoms with Crippen LogP contribution in [-0.2, 0) is 6.54 Å². The van der Waals surface area contributed by atoms with Gasteiger partial charge >= 0.3 is 0 Å². The molecule has 0 saturated carbocycles. The summed E-state index contributed by atoms with van der Waals surface area (Å²) in [5.74, 6) is -1.01. The molecular weight excluding hydrogens is 245 g/mol. The Kier molecular flexibility index (Phi) is 3.75. The number of nitrogens with one attached hydrogen (secondary N) is 1. The third-order valence-corrected chi connectivity index (χ3v) is 2.67. The van der Waals surface area contributed by atoms with Crippen molar-refractivity contribution in [2.75, 3.05) is 5.73 Å². The molecule has 0 radical (unpaired) electrons. The minimum atomic E-state index is -0.596. The van der Waals surface area contributed by atoms with Crippen molar-refractivity contribution in [3.8, 4) is 0 Å². The second kappa shape index (κ2) is 5.48. The molecule has 1 heterocycles. The van der Waals surface area contributed by atoms with Gasteiger partial charge in [-0.2, -0.15) is 0 Å². The molecule has 1 aromatic heterocycles. The number of nitrogens with two attached hydrogens (primary N) is 1. The van der Waals surface area contributed by atoms with E-state index < -0.39 is 11.7 Å². The van der Waals surface area contributed by atoms with Crippen molar-refractivity contribution < 1.29 is 9.18 Å². The molecule has 4 nitrogen and oxygen atoms in total. The highest BCUT2D eigenvalue weighted by Crippen LogP contribution is 2.15. The van der Waals surface area contributed by atoms with Crippen LogP contribution in [0, 0.1) is 12.7 Å². The SMILES string of the molecule is Cc1cccc(CNC(=O)c2cccc(F)c2N)n1. The van der Waals surface area contributed by atoms with Gasteiger partial charge in [0.2, 0.25) is 0 Å². The van der Waals surface area contributed by atoms with Crippen molar-refractivity contribution >= 4 is 11.6 Å². The molecule has 98 valence electrons. The number of nitrogens with zero attached hydrogens (tertiary/aromatic N) is 1. The van der Waals surface area contributed by atoms with Crippen LogP contribution in [0.15, 0.2) is 36.4 Å².